The summed E-state index contributed by atoms with van der Waals surface area (Å²) in [6.45, 7) is 2.86. The lowest BCUT2D eigenvalue weighted by molar-refractivity contribution is 0.0905. The van der Waals surface area contributed by atoms with Gasteiger partial charge in [-0.05, 0) is 24.5 Å². The minimum atomic E-state index is -0.171. The van der Waals surface area contributed by atoms with Crippen LogP contribution in [0.5, 0.6) is 17.2 Å². The molecule has 0 atom stereocenters. The predicted octanol–water partition coefficient (Wildman–Crippen LogP) is 3.11. The van der Waals surface area contributed by atoms with E-state index in [1.807, 2.05) is 6.07 Å². The Balaban J connectivity index is 1.61. The molecule has 150 valence electrons. The molecular weight excluding hydrogens is 356 g/mol. The van der Waals surface area contributed by atoms with Crippen molar-refractivity contribution in [3.63, 3.8) is 0 Å². The Morgan fingerprint density at radius 2 is 1.75 bits per heavy atom. The van der Waals surface area contributed by atoms with E-state index in [0.29, 0.717) is 22.8 Å². The fourth-order valence-electron chi connectivity index (χ4n) is 3.57. The van der Waals surface area contributed by atoms with E-state index in [9.17, 15) is 4.79 Å². The summed E-state index contributed by atoms with van der Waals surface area (Å²) >= 11 is 0. The summed E-state index contributed by atoms with van der Waals surface area (Å²) in [5.41, 5.74) is 1.74. The normalized spacial score (nSPS) is 15.1. The van der Waals surface area contributed by atoms with Crippen LogP contribution in [0.15, 0.2) is 42.5 Å². The minimum Gasteiger partial charge on any atom is -0.497 e. The maximum absolute atomic E-state index is 12.9. The fraction of sp³-hybridized carbons (Fsp3) is 0.409. The van der Waals surface area contributed by atoms with Crippen LogP contribution in [0.25, 0.3) is 0 Å². The van der Waals surface area contributed by atoms with E-state index in [2.05, 4.69) is 34.5 Å². The SMILES string of the molecule is COc1cc(OC)c(OC)c(C(=O)NC2CCN(Cc3ccccc3)CC2)c1. The van der Waals surface area contributed by atoms with Gasteiger partial charge in [-0.3, -0.25) is 9.69 Å². The number of likely N-dealkylation sites (tertiary alicyclic amines) is 1. The molecular formula is C22H28N2O4. The molecule has 1 N–H and O–H groups in total. The first-order chi connectivity index (χ1) is 13.6. The first-order valence-electron chi connectivity index (χ1n) is 9.51. The molecule has 0 unspecified atom stereocenters. The Kier molecular flexibility index (Phi) is 6.76. The van der Waals surface area contributed by atoms with Crippen molar-refractivity contribution in [3.8, 4) is 17.2 Å². The summed E-state index contributed by atoms with van der Waals surface area (Å²) in [6.07, 6.45) is 1.84. The van der Waals surface area contributed by atoms with Crippen molar-refractivity contribution >= 4 is 5.91 Å². The lowest BCUT2D eigenvalue weighted by Gasteiger charge is -2.32. The van der Waals surface area contributed by atoms with E-state index in [1.54, 1.807) is 26.4 Å². The van der Waals surface area contributed by atoms with Gasteiger partial charge in [0.1, 0.15) is 5.75 Å². The smallest absolute Gasteiger partial charge is 0.255 e. The molecule has 1 fully saturated rings. The van der Waals surface area contributed by atoms with E-state index >= 15 is 0 Å². The van der Waals surface area contributed by atoms with Crippen LogP contribution in [-0.2, 0) is 6.54 Å². The van der Waals surface area contributed by atoms with Gasteiger partial charge in [0.05, 0.1) is 26.9 Å². The van der Waals surface area contributed by atoms with Crippen molar-refractivity contribution in [1.82, 2.24) is 10.2 Å². The molecule has 0 aromatic heterocycles. The number of benzene rings is 2. The number of piperidine rings is 1. The van der Waals surface area contributed by atoms with E-state index < -0.39 is 0 Å². The summed E-state index contributed by atoms with van der Waals surface area (Å²) in [5, 5.41) is 3.14. The number of nitrogens with one attached hydrogen (secondary N) is 1. The molecule has 1 saturated heterocycles. The zero-order chi connectivity index (χ0) is 19.9. The van der Waals surface area contributed by atoms with Crippen molar-refractivity contribution in [3.05, 3.63) is 53.6 Å². The standard InChI is InChI=1S/C22H28N2O4/c1-26-18-13-19(21(28-3)20(14-18)27-2)22(25)23-17-9-11-24(12-10-17)15-16-7-5-4-6-8-16/h4-8,13-14,17H,9-12,15H2,1-3H3,(H,23,25). The number of methoxy groups -OCH3 is 3. The number of hydrogen-bond donors (Lipinski definition) is 1. The molecule has 2 aromatic rings. The van der Waals surface area contributed by atoms with Crippen LogP contribution < -0.4 is 19.5 Å². The Morgan fingerprint density at radius 1 is 1.04 bits per heavy atom. The molecule has 1 aliphatic heterocycles. The van der Waals surface area contributed by atoms with Crippen molar-refractivity contribution in [2.45, 2.75) is 25.4 Å². The van der Waals surface area contributed by atoms with Gasteiger partial charge < -0.3 is 19.5 Å². The summed E-state index contributed by atoms with van der Waals surface area (Å²) in [6, 6.07) is 14.0. The molecule has 2 aromatic carbocycles. The van der Waals surface area contributed by atoms with Gasteiger partial charge in [-0.1, -0.05) is 30.3 Å². The quantitative estimate of drug-likeness (QED) is 0.795. The molecule has 0 bridgehead atoms. The third kappa shape index (κ3) is 4.75. The average Bonchev–Trinajstić information content (AvgIpc) is 2.74. The Hall–Kier alpha value is -2.73. The van der Waals surface area contributed by atoms with E-state index in [4.69, 9.17) is 14.2 Å². The summed E-state index contributed by atoms with van der Waals surface area (Å²) in [5.74, 6) is 1.28. The minimum absolute atomic E-state index is 0.140. The maximum Gasteiger partial charge on any atom is 0.255 e. The summed E-state index contributed by atoms with van der Waals surface area (Å²) < 4.78 is 16.0. The third-order valence-corrected chi connectivity index (χ3v) is 5.10. The number of carbonyl (C=O) groups is 1. The second-order valence-electron chi connectivity index (χ2n) is 6.92. The highest BCUT2D eigenvalue weighted by Crippen LogP contribution is 2.35. The van der Waals surface area contributed by atoms with E-state index in [-0.39, 0.29) is 11.9 Å². The van der Waals surface area contributed by atoms with Crippen molar-refractivity contribution in [2.75, 3.05) is 34.4 Å². The Labute approximate surface area is 166 Å². The molecule has 1 heterocycles. The lowest BCUT2D eigenvalue weighted by Crippen LogP contribution is -2.44. The molecule has 28 heavy (non-hydrogen) atoms. The average molecular weight is 384 g/mol. The number of ether oxygens (including phenoxy) is 3. The third-order valence-electron chi connectivity index (χ3n) is 5.10. The number of carbonyl (C=O) groups excluding carboxylic acids is 1. The van der Waals surface area contributed by atoms with Crippen molar-refractivity contribution in [2.24, 2.45) is 0 Å². The van der Waals surface area contributed by atoms with Crippen LogP contribution >= 0.6 is 0 Å². The molecule has 6 nitrogen and oxygen atoms in total. The molecule has 1 amide bonds. The molecule has 0 spiro atoms. The summed E-state index contributed by atoms with van der Waals surface area (Å²) in [4.78, 5) is 15.3. The maximum atomic E-state index is 12.9. The number of amides is 1. The van der Waals surface area contributed by atoms with Crippen molar-refractivity contribution in [1.29, 1.82) is 0 Å². The first-order valence-corrected chi connectivity index (χ1v) is 9.51. The predicted molar refractivity (Wildman–Crippen MR) is 108 cm³/mol. The van der Waals surface area contributed by atoms with Gasteiger partial charge in [0, 0.05) is 31.7 Å². The second-order valence-corrected chi connectivity index (χ2v) is 6.92. The first kappa shape index (κ1) is 20.0. The zero-order valence-electron chi connectivity index (χ0n) is 16.7. The second kappa shape index (κ2) is 9.46. The van der Waals surface area contributed by atoms with Crippen LogP contribution in [0.2, 0.25) is 0 Å². The topological polar surface area (TPSA) is 60.0 Å². The largest absolute Gasteiger partial charge is 0.497 e. The van der Waals surface area contributed by atoms with Crippen LogP contribution in [0.4, 0.5) is 0 Å². The van der Waals surface area contributed by atoms with Crippen LogP contribution in [-0.4, -0.2) is 51.3 Å². The van der Waals surface area contributed by atoms with Crippen LogP contribution in [0.1, 0.15) is 28.8 Å². The van der Waals surface area contributed by atoms with Crippen LogP contribution in [0.3, 0.4) is 0 Å². The van der Waals surface area contributed by atoms with E-state index in [1.165, 1.54) is 12.7 Å². The molecule has 0 radical (unpaired) electrons. The van der Waals surface area contributed by atoms with Gasteiger partial charge in [0.25, 0.3) is 5.91 Å². The van der Waals surface area contributed by atoms with Gasteiger partial charge in [-0.15, -0.1) is 0 Å². The summed E-state index contributed by atoms with van der Waals surface area (Å²) in [7, 11) is 4.63. The highest BCUT2D eigenvalue weighted by Gasteiger charge is 2.24. The zero-order valence-corrected chi connectivity index (χ0v) is 16.7. The Bertz CT molecular complexity index is 787. The molecule has 1 aliphatic rings. The number of nitrogens with zero attached hydrogens (tertiary/aromatic N) is 1. The molecule has 0 aliphatic carbocycles. The highest BCUT2D eigenvalue weighted by atomic mass is 16.5. The van der Waals surface area contributed by atoms with E-state index in [0.717, 1.165) is 32.5 Å². The number of hydrogen-bond acceptors (Lipinski definition) is 5. The van der Waals surface area contributed by atoms with Gasteiger partial charge in [0.2, 0.25) is 0 Å². The van der Waals surface area contributed by atoms with Gasteiger partial charge in [0.15, 0.2) is 11.5 Å². The monoisotopic (exact) mass is 384 g/mol. The van der Waals surface area contributed by atoms with Gasteiger partial charge in [-0.25, -0.2) is 0 Å². The lowest BCUT2D eigenvalue weighted by atomic mass is 10.0. The highest BCUT2D eigenvalue weighted by molar-refractivity contribution is 5.98. The van der Waals surface area contributed by atoms with Gasteiger partial charge in [-0.2, -0.15) is 0 Å². The molecule has 0 saturated carbocycles. The Morgan fingerprint density at radius 3 is 2.36 bits per heavy atom. The fourth-order valence-corrected chi connectivity index (χ4v) is 3.57. The molecule has 6 heteroatoms. The van der Waals surface area contributed by atoms with Gasteiger partial charge >= 0.3 is 0 Å². The van der Waals surface area contributed by atoms with Crippen molar-refractivity contribution < 1.29 is 19.0 Å². The molecule has 3 rings (SSSR count). The number of rotatable bonds is 7. The van der Waals surface area contributed by atoms with Crippen LogP contribution in [0, 0.1) is 0 Å².